The number of rotatable bonds is 8. The minimum Gasteiger partial charge on any atom is -0.481 e. The van der Waals surface area contributed by atoms with Crippen molar-refractivity contribution in [2.24, 2.45) is 5.41 Å². The molecule has 0 aromatic carbocycles. The summed E-state index contributed by atoms with van der Waals surface area (Å²) in [6.07, 6.45) is 5.03. The Balaban J connectivity index is 2.42. The van der Waals surface area contributed by atoms with Crippen LogP contribution in [0.25, 0.3) is 0 Å². The van der Waals surface area contributed by atoms with Crippen molar-refractivity contribution in [1.82, 2.24) is 10.6 Å². The van der Waals surface area contributed by atoms with Crippen LogP contribution >= 0.6 is 0 Å². The van der Waals surface area contributed by atoms with Gasteiger partial charge >= 0.3 is 18.0 Å². The number of hydrogen-bond acceptors (Lipinski definition) is 3. The monoisotopic (exact) mass is 300 g/mol. The molecule has 0 saturated heterocycles. The fourth-order valence-corrected chi connectivity index (χ4v) is 2.78. The molecule has 0 heterocycles. The summed E-state index contributed by atoms with van der Waals surface area (Å²) < 4.78 is 0. The molecule has 0 aromatic rings. The molecule has 4 N–H and O–H groups in total. The van der Waals surface area contributed by atoms with E-state index < -0.39 is 24.0 Å². The van der Waals surface area contributed by atoms with Gasteiger partial charge in [0.15, 0.2) is 0 Å². The van der Waals surface area contributed by atoms with Crippen molar-refractivity contribution < 1.29 is 24.6 Å². The van der Waals surface area contributed by atoms with Crippen LogP contribution in [0.1, 0.15) is 51.9 Å². The molecule has 7 nitrogen and oxygen atoms in total. The zero-order valence-electron chi connectivity index (χ0n) is 12.4. The summed E-state index contributed by atoms with van der Waals surface area (Å²) in [5.74, 6) is -2.31. The average Bonchev–Trinajstić information content (AvgIpc) is 2.90. The molecular formula is C14H24N2O5. The van der Waals surface area contributed by atoms with E-state index in [0.717, 1.165) is 32.1 Å². The zero-order valence-corrected chi connectivity index (χ0v) is 12.4. The number of amides is 2. The molecule has 0 bridgehead atoms. The highest BCUT2D eigenvalue weighted by Gasteiger charge is 2.32. The maximum atomic E-state index is 11.8. The van der Waals surface area contributed by atoms with Crippen LogP contribution in [0.4, 0.5) is 4.79 Å². The lowest BCUT2D eigenvalue weighted by Crippen LogP contribution is -2.48. The van der Waals surface area contributed by atoms with Crippen LogP contribution < -0.4 is 10.6 Å². The van der Waals surface area contributed by atoms with Crippen molar-refractivity contribution in [2.45, 2.75) is 57.9 Å². The number of carbonyl (C=O) groups excluding carboxylic acids is 1. The zero-order chi connectivity index (χ0) is 15.9. The van der Waals surface area contributed by atoms with Crippen molar-refractivity contribution in [3.05, 3.63) is 0 Å². The van der Waals surface area contributed by atoms with Gasteiger partial charge in [-0.15, -0.1) is 0 Å². The summed E-state index contributed by atoms with van der Waals surface area (Å²) in [4.78, 5) is 33.2. The molecule has 1 aliphatic rings. The first kappa shape index (κ1) is 17.3. The van der Waals surface area contributed by atoms with E-state index in [1.54, 1.807) is 0 Å². The van der Waals surface area contributed by atoms with Crippen LogP contribution in [-0.2, 0) is 9.59 Å². The van der Waals surface area contributed by atoms with Crippen LogP contribution in [0.3, 0.4) is 0 Å². The summed E-state index contributed by atoms with van der Waals surface area (Å²) in [5.41, 5.74) is 0.122. The Hall–Kier alpha value is -1.79. The van der Waals surface area contributed by atoms with E-state index in [0.29, 0.717) is 6.54 Å². The van der Waals surface area contributed by atoms with Crippen LogP contribution in [-0.4, -0.2) is 40.8 Å². The smallest absolute Gasteiger partial charge is 0.326 e. The van der Waals surface area contributed by atoms with E-state index in [4.69, 9.17) is 10.2 Å². The molecule has 1 rings (SSSR count). The number of carbonyl (C=O) groups is 3. The molecule has 1 saturated carbocycles. The minimum absolute atomic E-state index is 0.122. The lowest BCUT2D eigenvalue weighted by atomic mass is 9.83. The Kier molecular flexibility index (Phi) is 6.45. The highest BCUT2D eigenvalue weighted by molar-refractivity contribution is 5.83. The standard InChI is InChI=1S/C14H24N2O5/c1-2-14(7-3-4-8-14)9-15-13(21)16-10(12(19)20)5-6-11(17)18/h10H,2-9H2,1H3,(H,17,18)(H,19,20)(H2,15,16,21)/t10-/m0/s1. The summed E-state index contributed by atoms with van der Waals surface area (Å²) in [5, 5.41) is 22.6. The van der Waals surface area contributed by atoms with Crippen LogP contribution in [0.5, 0.6) is 0 Å². The van der Waals surface area contributed by atoms with E-state index in [1.807, 2.05) is 0 Å². The van der Waals surface area contributed by atoms with Gasteiger partial charge in [0.05, 0.1) is 0 Å². The van der Waals surface area contributed by atoms with Gasteiger partial charge in [-0.2, -0.15) is 0 Å². The lowest BCUT2D eigenvalue weighted by Gasteiger charge is -2.28. The minimum atomic E-state index is -1.22. The van der Waals surface area contributed by atoms with E-state index in [1.165, 1.54) is 0 Å². The fraction of sp³-hybridized carbons (Fsp3) is 0.786. The maximum absolute atomic E-state index is 11.8. The van der Waals surface area contributed by atoms with E-state index in [-0.39, 0.29) is 18.3 Å². The van der Waals surface area contributed by atoms with Crippen molar-refractivity contribution in [3.8, 4) is 0 Å². The predicted molar refractivity (Wildman–Crippen MR) is 76.0 cm³/mol. The summed E-state index contributed by atoms with van der Waals surface area (Å²) in [6.45, 7) is 2.62. The van der Waals surface area contributed by atoms with E-state index >= 15 is 0 Å². The van der Waals surface area contributed by atoms with Crippen molar-refractivity contribution >= 4 is 18.0 Å². The molecule has 0 aromatic heterocycles. The topological polar surface area (TPSA) is 116 Å². The van der Waals surface area contributed by atoms with Gasteiger partial charge in [0.25, 0.3) is 0 Å². The molecule has 0 radical (unpaired) electrons. The molecule has 1 aliphatic carbocycles. The number of carboxylic acids is 2. The van der Waals surface area contributed by atoms with Crippen LogP contribution in [0.2, 0.25) is 0 Å². The molecule has 21 heavy (non-hydrogen) atoms. The summed E-state index contributed by atoms with van der Waals surface area (Å²) in [6, 6.07) is -1.73. The first-order valence-electron chi connectivity index (χ1n) is 7.37. The summed E-state index contributed by atoms with van der Waals surface area (Å²) in [7, 11) is 0. The lowest BCUT2D eigenvalue weighted by molar-refractivity contribution is -0.140. The largest absolute Gasteiger partial charge is 0.481 e. The third-order valence-electron chi connectivity index (χ3n) is 4.29. The van der Waals surface area contributed by atoms with Crippen LogP contribution in [0, 0.1) is 5.41 Å². The Morgan fingerprint density at radius 2 is 1.81 bits per heavy atom. The third kappa shape index (κ3) is 5.61. The summed E-state index contributed by atoms with van der Waals surface area (Å²) >= 11 is 0. The number of aliphatic carboxylic acids is 2. The maximum Gasteiger partial charge on any atom is 0.326 e. The van der Waals surface area contributed by atoms with Gasteiger partial charge in [-0.25, -0.2) is 9.59 Å². The average molecular weight is 300 g/mol. The molecule has 0 aliphatic heterocycles. The van der Waals surface area contributed by atoms with E-state index in [9.17, 15) is 14.4 Å². The second kappa shape index (κ2) is 7.85. The van der Waals surface area contributed by atoms with Gasteiger partial charge in [-0.1, -0.05) is 19.8 Å². The number of carboxylic acid groups (broad SMARTS) is 2. The number of nitrogens with one attached hydrogen (secondary N) is 2. The quantitative estimate of drug-likeness (QED) is 0.543. The van der Waals surface area contributed by atoms with Gasteiger partial charge in [-0.3, -0.25) is 4.79 Å². The fourth-order valence-electron chi connectivity index (χ4n) is 2.78. The van der Waals surface area contributed by atoms with Gasteiger partial charge in [0, 0.05) is 13.0 Å². The van der Waals surface area contributed by atoms with Gasteiger partial charge < -0.3 is 20.8 Å². The van der Waals surface area contributed by atoms with Gasteiger partial charge in [0.2, 0.25) is 0 Å². The molecule has 1 atom stereocenters. The number of urea groups is 1. The van der Waals surface area contributed by atoms with Crippen molar-refractivity contribution in [1.29, 1.82) is 0 Å². The normalized spacial score (nSPS) is 18.0. The molecule has 0 spiro atoms. The third-order valence-corrected chi connectivity index (χ3v) is 4.29. The molecule has 7 heteroatoms. The van der Waals surface area contributed by atoms with Gasteiger partial charge in [0.1, 0.15) is 6.04 Å². The number of hydrogen-bond donors (Lipinski definition) is 4. The van der Waals surface area contributed by atoms with Crippen molar-refractivity contribution in [3.63, 3.8) is 0 Å². The Bertz CT molecular complexity index is 391. The second-order valence-corrected chi connectivity index (χ2v) is 5.71. The van der Waals surface area contributed by atoms with Crippen LogP contribution in [0.15, 0.2) is 0 Å². The van der Waals surface area contributed by atoms with Crippen molar-refractivity contribution in [2.75, 3.05) is 6.54 Å². The highest BCUT2D eigenvalue weighted by atomic mass is 16.4. The first-order chi connectivity index (χ1) is 9.88. The molecule has 120 valence electrons. The first-order valence-corrected chi connectivity index (χ1v) is 7.37. The Morgan fingerprint density at radius 1 is 1.19 bits per heavy atom. The molecule has 2 amide bonds. The second-order valence-electron chi connectivity index (χ2n) is 5.71. The molecular weight excluding hydrogens is 276 g/mol. The molecule has 1 fully saturated rings. The van der Waals surface area contributed by atoms with E-state index in [2.05, 4.69) is 17.6 Å². The molecule has 0 unspecified atom stereocenters. The predicted octanol–water partition coefficient (Wildman–Crippen LogP) is 1.57. The SMILES string of the molecule is CCC1(CNC(=O)N[C@@H](CCC(=O)O)C(=O)O)CCCC1. The Morgan fingerprint density at radius 3 is 2.29 bits per heavy atom. The Labute approximate surface area is 124 Å². The highest BCUT2D eigenvalue weighted by Crippen LogP contribution is 2.40. The van der Waals surface area contributed by atoms with Gasteiger partial charge in [-0.05, 0) is 31.1 Å².